The van der Waals surface area contributed by atoms with Crippen LogP contribution < -0.4 is 0 Å². The van der Waals surface area contributed by atoms with Crippen molar-refractivity contribution in [3.05, 3.63) is 107 Å². The van der Waals surface area contributed by atoms with Crippen LogP contribution in [0.3, 0.4) is 0 Å². The molecule has 0 saturated heterocycles. The Bertz CT molecular complexity index is 1120. The first-order chi connectivity index (χ1) is 14.1. The fraction of sp³-hybridized carbons (Fsp3) is 0.167. The van der Waals surface area contributed by atoms with Crippen molar-refractivity contribution in [3.63, 3.8) is 0 Å². The van der Waals surface area contributed by atoms with E-state index in [1.54, 1.807) is 23.9 Å². The highest BCUT2D eigenvalue weighted by Crippen LogP contribution is 2.27. The topological polar surface area (TPSA) is 30.7 Å². The lowest BCUT2D eigenvalue weighted by molar-refractivity contribution is 0.626. The van der Waals surface area contributed by atoms with Crippen LogP contribution in [0.1, 0.15) is 28.1 Å². The van der Waals surface area contributed by atoms with Crippen LogP contribution in [0.15, 0.2) is 78.0 Å². The molecule has 4 rings (SSSR count). The summed E-state index contributed by atoms with van der Waals surface area (Å²) in [5.41, 5.74) is 5.63. The van der Waals surface area contributed by atoms with Gasteiger partial charge in [-0.1, -0.05) is 60.3 Å². The largest absolute Gasteiger partial charge is 0.274 e. The number of hydrogen-bond donors (Lipinski definition) is 0. The highest BCUT2D eigenvalue weighted by molar-refractivity contribution is 7.98. The van der Waals surface area contributed by atoms with Gasteiger partial charge in [0.25, 0.3) is 0 Å². The molecule has 0 aliphatic carbocycles. The second kappa shape index (κ2) is 8.62. The molecule has 0 saturated carbocycles. The maximum atomic E-state index is 13.5. The van der Waals surface area contributed by atoms with E-state index in [9.17, 15) is 4.39 Å². The molecule has 29 heavy (non-hydrogen) atoms. The standard InChI is InChI=1S/C24H22FN3S/c1-17-11-12-22(13-18(17)2)28-23(15-19-7-4-3-5-8-19)26-27-24(28)29-16-20-9-6-10-21(25)14-20/h3-14H,15-16H2,1-2H3. The van der Waals surface area contributed by atoms with E-state index in [-0.39, 0.29) is 5.82 Å². The lowest BCUT2D eigenvalue weighted by Gasteiger charge is -2.12. The molecule has 3 aromatic carbocycles. The number of hydrogen-bond acceptors (Lipinski definition) is 3. The molecule has 0 amide bonds. The molecule has 0 aliphatic rings. The lowest BCUT2D eigenvalue weighted by atomic mass is 10.1. The third-order valence-corrected chi connectivity index (χ3v) is 5.91. The molecule has 1 heterocycles. The van der Waals surface area contributed by atoms with E-state index in [1.165, 1.54) is 22.8 Å². The van der Waals surface area contributed by atoms with Gasteiger partial charge in [0.05, 0.1) is 0 Å². The van der Waals surface area contributed by atoms with Crippen LogP contribution in [-0.2, 0) is 12.2 Å². The van der Waals surface area contributed by atoms with Gasteiger partial charge in [-0.2, -0.15) is 0 Å². The molecular formula is C24H22FN3S. The van der Waals surface area contributed by atoms with Crippen molar-refractivity contribution in [2.75, 3.05) is 0 Å². The van der Waals surface area contributed by atoms with E-state index in [2.05, 4.69) is 58.9 Å². The number of halogens is 1. The Morgan fingerprint density at radius 2 is 1.62 bits per heavy atom. The fourth-order valence-electron chi connectivity index (χ4n) is 3.19. The molecule has 0 N–H and O–H groups in total. The number of benzene rings is 3. The third-order valence-electron chi connectivity index (χ3n) is 4.91. The van der Waals surface area contributed by atoms with Crippen molar-refractivity contribution in [1.29, 1.82) is 0 Å². The normalized spacial score (nSPS) is 11.0. The second-order valence-electron chi connectivity index (χ2n) is 7.08. The van der Waals surface area contributed by atoms with Crippen molar-refractivity contribution in [2.24, 2.45) is 0 Å². The summed E-state index contributed by atoms with van der Waals surface area (Å²) >= 11 is 1.57. The highest BCUT2D eigenvalue weighted by atomic mass is 32.2. The van der Waals surface area contributed by atoms with Crippen LogP contribution >= 0.6 is 11.8 Å². The summed E-state index contributed by atoms with van der Waals surface area (Å²) < 4.78 is 15.6. The number of nitrogens with zero attached hydrogens (tertiary/aromatic N) is 3. The molecule has 0 radical (unpaired) electrons. The highest BCUT2D eigenvalue weighted by Gasteiger charge is 2.16. The maximum absolute atomic E-state index is 13.5. The van der Waals surface area contributed by atoms with Gasteiger partial charge in [-0.05, 0) is 60.4 Å². The fourth-order valence-corrected chi connectivity index (χ4v) is 4.10. The molecule has 0 fully saturated rings. The van der Waals surface area contributed by atoms with Crippen LogP contribution in [0, 0.1) is 19.7 Å². The minimum absolute atomic E-state index is 0.219. The van der Waals surface area contributed by atoms with Gasteiger partial charge in [-0.15, -0.1) is 10.2 Å². The SMILES string of the molecule is Cc1ccc(-n2c(Cc3ccccc3)nnc2SCc2cccc(F)c2)cc1C. The molecule has 1 aromatic heterocycles. The molecule has 0 atom stereocenters. The molecule has 0 bridgehead atoms. The monoisotopic (exact) mass is 403 g/mol. The molecule has 0 spiro atoms. The van der Waals surface area contributed by atoms with Crippen molar-refractivity contribution in [2.45, 2.75) is 31.2 Å². The number of aromatic nitrogens is 3. The van der Waals surface area contributed by atoms with E-state index in [0.29, 0.717) is 12.2 Å². The van der Waals surface area contributed by atoms with Crippen molar-refractivity contribution < 1.29 is 4.39 Å². The Balaban J connectivity index is 1.69. The van der Waals surface area contributed by atoms with Gasteiger partial charge in [0.15, 0.2) is 5.16 Å². The molecule has 0 unspecified atom stereocenters. The Morgan fingerprint density at radius 1 is 0.828 bits per heavy atom. The molecule has 3 nitrogen and oxygen atoms in total. The molecular weight excluding hydrogens is 381 g/mol. The quantitative estimate of drug-likeness (QED) is 0.375. The van der Waals surface area contributed by atoms with Crippen LogP contribution in [0.25, 0.3) is 5.69 Å². The average molecular weight is 404 g/mol. The first-order valence-electron chi connectivity index (χ1n) is 9.53. The van der Waals surface area contributed by atoms with Gasteiger partial charge >= 0.3 is 0 Å². The molecule has 4 aromatic rings. The smallest absolute Gasteiger partial charge is 0.196 e. The summed E-state index contributed by atoms with van der Waals surface area (Å²) in [4.78, 5) is 0. The number of rotatable bonds is 6. The zero-order valence-electron chi connectivity index (χ0n) is 16.5. The van der Waals surface area contributed by atoms with E-state index in [1.807, 2.05) is 24.3 Å². The first-order valence-corrected chi connectivity index (χ1v) is 10.5. The molecule has 146 valence electrons. The first kappa shape index (κ1) is 19.4. The maximum Gasteiger partial charge on any atom is 0.196 e. The Labute approximate surface area is 174 Å². The predicted molar refractivity (Wildman–Crippen MR) is 116 cm³/mol. The van der Waals surface area contributed by atoms with Crippen LogP contribution in [0.2, 0.25) is 0 Å². The van der Waals surface area contributed by atoms with Gasteiger partial charge in [-0.3, -0.25) is 4.57 Å². The Hall–Kier alpha value is -2.92. The summed E-state index contributed by atoms with van der Waals surface area (Å²) in [6.45, 7) is 4.22. The summed E-state index contributed by atoms with van der Waals surface area (Å²) in [5.74, 6) is 1.30. The summed E-state index contributed by atoms with van der Waals surface area (Å²) in [6.07, 6.45) is 0.696. The van der Waals surface area contributed by atoms with Gasteiger partial charge in [0.2, 0.25) is 0 Å². The number of thioether (sulfide) groups is 1. The van der Waals surface area contributed by atoms with E-state index < -0.39 is 0 Å². The van der Waals surface area contributed by atoms with Crippen molar-refractivity contribution >= 4 is 11.8 Å². The minimum atomic E-state index is -0.219. The van der Waals surface area contributed by atoms with Gasteiger partial charge < -0.3 is 0 Å². The van der Waals surface area contributed by atoms with E-state index >= 15 is 0 Å². The second-order valence-corrected chi connectivity index (χ2v) is 8.03. The predicted octanol–water partition coefficient (Wildman–Crippen LogP) is 5.91. The zero-order valence-corrected chi connectivity index (χ0v) is 17.3. The lowest BCUT2D eigenvalue weighted by Crippen LogP contribution is -2.04. The van der Waals surface area contributed by atoms with Gasteiger partial charge in [-0.25, -0.2) is 4.39 Å². The van der Waals surface area contributed by atoms with Gasteiger partial charge in [0.1, 0.15) is 11.6 Å². The van der Waals surface area contributed by atoms with E-state index in [0.717, 1.165) is 22.2 Å². The summed E-state index contributed by atoms with van der Waals surface area (Å²) in [7, 11) is 0. The van der Waals surface area contributed by atoms with Crippen molar-refractivity contribution in [1.82, 2.24) is 14.8 Å². The molecule has 5 heteroatoms. The Morgan fingerprint density at radius 3 is 2.38 bits per heavy atom. The van der Waals surface area contributed by atoms with Crippen LogP contribution in [-0.4, -0.2) is 14.8 Å². The van der Waals surface area contributed by atoms with Crippen molar-refractivity contribution in [3.8, 4) is 5.69 Å². The third kappa shape index (κ3) is 4.57. The average Bonchev–Trinajstić information content (AvgIpc) is 3.12. The summed E-state index contributed by atoms with van der Waals surface area (Å²) in [5, 5.41) is 9.76. The van der Waals surface area contributed by atoms with Gasteiger partial charge in [0, 0.05) is 17.9 Å². The van der Waals surface area contributed by atoms with Crippen LogP contribution in [0.4, 0.5) is 4.39 Å². The zero-order chi connectivity index (χ0) is 20.2. The van der Waals surface area contributed by atoms with E-state index in [4.69, 9.17) is 0 Å². The minimum Gasteiger partial charge on any atom is -0.274 e. The summed E-state index contributed by atoms with van der Waals surface area (Å²) in [6, 6.07) is 23.4. The van der Waals surface area contributed by atoms with Crippen LogP contribution in [0.5, 0.6) is 0 Å². The number of aryl methyl sites for hydroxylation is 2. The molecule has 0 aliphatic heterocycles. The Kier molecular flexibility index (Phi) is 5.76.